The molecule has 1 heterocycles. The predicted octanol–water partition coefficient (Wildman–Crippen LogP) is 4.13. The zero-order valence-electron chi connectivity index (χ0n) is 10.6. The van der Waals surface area contributed by atoms with E-state index in [0.29, 0.717) is 12.0 Å². The van der Waals surface area contributed by atoms with E-state index < -0.39 is 0 Å². The van der Waals surface area contributed by atoms with Crippen LogP contribution < -0.4 is 0 Å². The average Bonchev–Trinajstić information content (AvgIpc) is 2.71. The van der Waals surface area contributed by atoms with Crippen LogP contribution in [0, 0.1) is 0 Å². The number of nitrogens with zero attached hydrogens (tertiary/aromatic N) is 2. The van der Waals surface area contributed by atoms with Crippen LogP contribution in [0.2, 0.25) is 0 Å². The van der Waals surface area contributed by atoms with Crippen molar-refractivity contribution in [3.05, 3.63) is 30.0 Å². The molecule has 0 bridgehead atoms. The molecule has 0 N–H and O–H groups in total. The molecule has 1 atom stereocenters. The summed E-state index contributed by atoms with van der Waals surface area (Å²) in [4.78, 5) is 0. The lowest BCUT2D eigenvalue weighted by atomic mass is 10.00. The first-order valence-corrected chi connectivity index (χ1v) is 6.11. The van der Waals surface area contributed by atoms with E-state index in [4.69, 9.17) is 0 Å². The Labute approximate surface area is 97.3 Å². The summed E-state index contributed by atoms with van der Waals surface area (Å²) in [5, 5.41) is 5.83. The number of fused-ring (bicyclic) bond motifs is 1. The van der Waals surface area contributed by atoms with Crippen molar-refractivity contribution in [1.82, 2.24) is 9.78 Å². The van der Waals surface area contributed by atoms with E-state index in [1.165, 1.54) is 16.5 Å². The van der Waals surface area contributed by atoms with Gasteiger partial charge >= 0.3 is 0 Å². The Morgan fingerprint density at radius 1 is 1.25 bits per heavy atom. The number of aromatic nitrogens is 2. The summed E-state index contributed by atoms with van der Waals surface area (Å²) in [6.07, 6.45) is 3.12. The fourth-order valence-electron chi connectivity index (χ4n) is 2.12. The van der Waals surface area contributed by atoms with E-state index in [2.05, 4.69) is 55.7 Å². The largest absolute Gasteiger partial charge is 0.262 e. The van der Waals surface area contributed by atoms with Crippen molar-refractivity contribution in [2.75, 3.05) is 0 Å². The normalized spacial score (nSPS) is 13.6. The quantitative estimate of drug-likeness (QED) is 0.754. The van der Waals surface area contributed by atoms with Crippen LogP contribution in [0.1, 0.15) is 51.6 Å². The molecule has 0 spiro atoms. The monoisotopic (exact) mass is 216 g/mol. The molecule has 0 aliphatic carbocycles. The summed E-state index contributed by atoms with van der Waals surface area (Å²) in [5.41, 5.74) is 2.66. The van der Waals surface area contributed by atoms with Crippen molar-refractivity contribution < 1.29 is 0 Å². The van der Waals surface area contributed by atoms with Crippen LogP contribution in [0.15, 0.2) is 24.4 Å². The van der Waals surface area contributed by atoms with Crippen molar-refractivity contribution in [3.8, 4) is 0 Å². The Bertz CT molecular complexity index is 482. The van der Waals surface area contributed by atoms with Gasteiger partial charge in [0.2, 0.25) is 0 Å². The molecule has 1 unspecified atom stereocenters. The highest BCUT2D eigenvalue weighted by Crippen LogP contribution is 2.27. The van der Waals surface area contributed by atoms with Crippen molar-refractivity contribution in [1.29, 1.82) is 0 Å². The minimum atomic E-state index is 0.472. The van der Waals surface area contributed by atoms with Gasteiger partial charge in [0, 0.05) is 11.4 Å². The highest BCUT2D eigenvalue weighted by Gasteiger charge is 2.11. The Morgan fingerprint density at radius 3 is 2.62 bits per heavy atom. The van der Waals surface area contributed by atoms with Gasteiger partial charge in [0.1, 0.15) is 0 Å². The SMILES string of the molecule is CCC(C)n1ncc2c(C(C)C)cccc21. The first-order valence-electron chi connectivity index (χ1n) is 6.11. The molecule has 0 saturated carbocycles. The van der Waals surface area contributed by atoms with Crippen LogP contribution in [0.5, 0.6) is 0 Å². The molecular weight excluding hydrogens is 196 g/mol. The molecule has 1 aromatic heterocycles. The second kappa shape index (κ2) is 4.28. The van der Waals surface area contributed by atoms with Gasteiger partial charge in [0.15, 0.2) is 0 Å². The molecule has 0 aliphatic heterocycles. The molecular formula is C14H20N2. The minimum Gasteiger partial charge on any atom is -0.262 e. The van der Waals surface area contributed by atoms with Crippen LogP contribution >= 0.6 is 0 Å². The van der Waals surface area contributed by atoms with Crippen molar-refractivity contribution in [2.24, 2.45) is 0 Å². The molecule has 0 radical (unpaired) electrons. The van der Waals surface area contributed by atoms with E-state index >= 15 is 0 Å². The third kappa shape index (κ3) is 1.73. The molecule has 16 heavy (non-hydrogen) atoms. The summed E-state index contributed by atoms with van der Waals surface area (Å²) < 4.78 is 2.14. The maximum Gasteiger partial charge on any atom is 0.0688 e. The third-order valence-electron chi connectivity index (χ3n) is 3.31. The van der Waals surface area contributed by atoms with Gasteiger partial charge in [-0.3, -0.25) is 4.68 Å². The second-order valence-electron chi connectivity index (χ2n) is 4.78. The van der Waals surface area contributed by atoms with Crippen LogP contribution in [-0.4, -0.2) is 9.78 Å². The molecule has 1 aromatic carbocycles. The molecule has 0 saturated heterocycles. The fraction of sp³-hybridized carbons (Fsp3) is 0.500. The lowest BCUT2D eigenvalue weighted by Gasteiger charge is -2.12. The third-order valence-corrected chi connectivity index (χ3v) is 3.31. The van der Waals surface area contributed by atoms with Gasteiger partial charge in [-0.05, 0) is 30.9 Å². The zero-order chi connectivity index (χ0) is 11.7. The number of hydrogen-bond donors (Lipinski definition) is 0. The Hall–Kier alpha value is -1.31. The fourth-order valence-corrected chi connectivity index (χ4v) is 2.12. The van der Waals surface area contributed by atoms with E-state index in [0.717, 1.165) is 6.42 Å². The predicted molar refractivity (Wildman–Crippen MR) is 68.8 cm³/mol. The zero-order valence-corrected chi connectivity index (χ0v) is 10.6. The molecule has 2 aromatic rings. The van der Waals surface area contributed by atoms with Gasteiger partial charge in [-0.25, -0.2) is 0 Å². The van der Waals surface area contributed by atoms with Gasteiger partial charge in [-0.1, -0.05) is 32.9 Å². The molecule has 0 aliphatic rings. The summed E-state index contributed by atoms with van der Waals surface area (Å²) in [6, 6.07) is 6.98. The lowest BCUT2D eigenvalue weighted by Crippen LogP contribution is -2.05. The molecule has 2 nitrogen and oxygen atoms in total. The Kier molecular flexibility index (Phi) is 2.99. The molecule has 0 amide bonds. The lowest BCUT2D eigenvalue weighted by molar-refractivity contribution is 0.493. The van der Waals surface area contributed by atoms with Crippen molar-refractivity contribution in [3.63, 3.8) is 0 Å². The summed E-state index contributed by atoms with van der Waals surface area (Å²) in [7, 11) is 0. The first-order chi connectivity index (χ1) is 7.65. The van der Waals surface area contributed by atoms with Crippen LogP contribution in [-0.2, 0) is 0 Å². The highest BCUT2D eigenvalue weighted by atomic mass is 15.3. The van der Waals surface area contributed by atoms with Gasteiger partial charge in [0.05, 0.1) is 11.7 Å². The average molecular weight is 216 g/mol. The molecule has 2 heteroatoms. The van der Waals surface area contributed by atoms with Crippen molar-refractivity contribution in [2.45, 2.75) is 46.1 Å². The Morgan fingerprint density at radius 2 is 2.00 bits per heavy atom. The molecule has 2 rings (SSSR count). The summed E-state index contributed by atoms with van der Waals surface area (Å²) in [5.74, 6) is 0.554. The van der Waals surface area contributed by atoms with E-state index in [9.17, 15) is 0 Å². The minimum absolute atomic E-state index is 0.472. The van der Waals surface area contributed by atoms with Crippen LogP contribution in [0.4, 0.5) is 0 Å². The van der Waals surface area contributed by atoms with Gasteiger partial charge < -0.3 is 0 Å². The van der Waals surface area contributed by atoms with Crippen LogP contribution in [0.3, 0.4) is 0 Å². The van der Waals surface area contributed by atoms with Gasteiger partial charge in [-0.15, -0.1) is 0 Å². The highest BCUT2D eigenvalue weighted by molar-refractivity contribution is 5.82. The summed E-state index contributed by atoms with van der Waals surface area (Å²) in [6.45, 7) is 8.88. The Balaban J connectivity index is 2.61. The van der Waals surface area contributed by atoms with Crippen molar-refractivity contribution >= 4 is 10.9 Å². The van der Waals surface area contributed by atoms with Crippen LogP contribution in [0.25, 0.3) is 10.9 Å². The number of rotatable bonds is 3. The molecule has 0 fully saturated rings. The maximum atomic E-state index is 4.53. The maximum absolute atomic E-state index is 4.53. The van der Waals surface area contributed by atoms with Gasteiger partial charge in [0.25, 0.3) is 0 Å². The topological polar surface area (TPSA) is 17.8 Å². The smallest absolute Gasteiger partial charge is 0.0688 e. The van der Waals surface area contributed by atoms with Gasteiger partial charge in [-0.2, -0.15) is 5.10 Å². The van der Waals surface area contributed by atoms with E-state index in [-0.39, 0.29) is 0 Å². The van der Waals surface area contributed by atoms with E-state index in [1.807, 2.05) is 6.20 Å². The summed E-state index contributed by atoms with van der Waals surface area (Å²) >= 11 is 0. The standard InChI is InChI=1S/C14H20N2/c1-5-11(4)16-14-8-6-7-12(10(2)3)13(14)9-15-16/h6-11H,5H2,1-4H3. The first kappa shape index (κ1) is 11.2. The second-order valence-corrected chi connectivity index (χ2v) is 4.78. The number of hydrogen-bond acceptors (Lipinski definition) is 1. The number of benzene rings is 1. The van der Waals surface area contributed by atoms with E-state index in [1.54, 1.807) is 0 Å². The molecule has 86 valence electrons.